The van der Waals surface area contributed by atoms with Crippen molar-refractivity contribution < 1.29 is 14.4 Å². The third-order valence-electron chi connectivity index (χ3n) is 5.18. The Morgan fingerprint density at radius 3 is 2.45 bits per heavy atom. The maximum absolute atomic E-state index is 12.9. The fourth-order valence-electron chi connectivity index (χ4n) is 3.54. The maximum Gasteiger partial charge on any atom is 0.246 e. The number of hydrogen-bond donors (Lipinski definition) is 5. The highest BCUT2D eigenvalue weighted by Crippen LogP contribution is 2.19. The Balaban J connectivity index is 1.76. The number of hydrogen-bond acceptors (Lipinski definition) is 4. The Labute approximate surface area is 180 Å². The number of nitrogens with one attached hydrogen (secondary N) is 3. The molecule has 0 saturated carbocycles. The molecule has 7 N–H and O–H groups in total. The molecule has 2 atom stereocenters. The quantitative estimate of drug-likeness (QED) is 0.347. The lowest BCUT2D eigenvalue weighted by molar-refractivity contribution is -0.134. The summed E-state index contributed by atoms with van der Waals surface area (Å²) in [4.78, 5) is 40.0. The highest BCUT2D eigenvalue weighted by atomic mass is 16.2. The summed E-state index contributed by atoms with van der Waals surface area (Å²) >= 11 is 0. The van der Waals surface area contributed by atoms with E-state index in [1.807, 2.05) is 60.8 Å². The summed E-state index contributed by atoms with van der Waals surface area (Å²) in [5, 5.41) is 6.27. The molecule has 1 heterocycles. The molecule has 8 heteroatoms. The number of nitrogens with two attached hydrogens (primary N) is 2. The van der Waals surface area contributed by atoms with Gasteiger partial charge >= 0.3 is 0 Å². The average Bonchev–Trinajstić information content (AvgIpc) is 3.15. The van der Waals surface area contributed by atoms with Gasteiger partial charge in [0.15, 0.2) is 0 Å². The molecule has 0 spiro atoms. The predicted molar refractivity (Wildman–Crippen MR) is 119 cm³/mol. The van der Waals surface area contributed by atoms with Gasteiger partial charge in [-0.3, -0.25) is 14.4 Å². The van der Waals surface area contributed by atoms with Crippen molar-refractivity contribution in [1.82, 2.24) is 15.6 Å². The van der Waals surface area contributed by atoms with Crippen molar-refractivity contribution in [3.8, 4) is 0 Å². The molecule has 0 aliphatic rings. The second-order valence-corrected chi connectivity index (χ2v) is 7.80. The van der Waals surface area contributed by atoms with Gasteiger partial charge in [0.1, 0.15) is 5.54 Å². The number of para-hydroxylation sites is 1. The normalized spacial score (nSPS) is 13.9. The van der Waals surface area contributed by atoms with E-state index in [2.05, 4.69) is 15.6 Å². The zero-order valence-electron chi connectivity index (χ0n) is 17.4. The lowest BCUT2D eigenvalue weighted by atomic mass is 9.90. The summed E-state index contributed by atoms with van der Waals surface area (Å²) in [6.07, 6.45) is 2.37. The largest absolute Gasteiger partial charge is 0.368 e. The molecule has 3 aromatic rings. The first-order valence-electron chi connectivity index (χ1n) is 10.0. The highest BCUT2D eigenvalue weighted by Gasteiger charge is 2.36. The topological polar surface area (TPSA) is 143 Å². The average molecular weight is 422 g/mol. The van der Waals surface area contributed by atoms with Gasteiger partial charge in [0.2, 0.25) is 17.7 Å². The van der Waals surface area contributed by atoms with Crippen molar-refractivity contribution in [2.75, 3.05) is 6.54 Å². The number of H-pyrrole nitrogens is 1. The number of fused-ring (bicyclic) bond motifs is 1. The van der Waals surface area contributed by atoms with E-state index in [1.54, 1.807) is 6.92 Å². The van der Waals surface area contributed by atoms with Gasteiger partial charge in [0.05, 0.1) is 12.6 Å². The van der Waals surface area contributed by atoms with Gasteiger partial charge in [0, 0.05) is 23.5 Å². The van der Waals surface area contributed by atoms with Crippen LogP contribution in [0.5, 0.6) is 0 Å². The third kappa shape index (κ3) is 5.49. The molecule has 0 fully saturated rings. The molecule has 3 rings (SSSR count). The van der Waals surface area contributed by atoms with E-state index in [0.29, 0.717) is 6.42 Å². The number of aromatic amines is 1. The molecule has 31 heavy (non-hydrogen) atoms. The van der Waals surface area contributed by atoms with Crippen LogP contribution in [0.25, 0.3) is 10.9 Å². The molecule has 0 radical (unpaired) electrons. The molecule has 8 nitrogen and oxygen atoms in total. The highest BCUT2D eigenvalue weighted by molar-refractivity contribution is 5.95. The summed E-state index contributed by atoms with van der Waals surface area (Å²) in [5.41, 5.74) is 12.8. The van der Waals surface area contributed by atoms with Crippen molar-refractivity contribution in [2.45, 2.75) is 31.3 Å². The lowest BCUT2D eigenvalue weighted by Gasteiger charge is -2.31. The lowest BCUT2D eigenvalue weighted by Crippen LogP contribution is -2.61. The van der Waals surface area contributed by atoms with Crippen LogP contribution in [0.3, 0.4) is 0 Å². The molecular formula is C23H27N5O3. The summed E-state index contributed by atoms with van der Waals surface area (Å²) in [5.74, 6) is -1.64. The van der Waals surface area contributed by atoms with Crippen LogP contribution in [0.4, 0.5) is 0 Å². The number of carbonyl (C=O) groups is 3. The number of rotatable bonds is 9. The number of amides is 3. The van der Waals surface area contributed by atoms with Crippen LogP contribution in [0, 0.1) is 0 Å². The Morgan fingerprint density at radius 2 is 1.74 bits per heavy atom. The molecule has 0 saturated heterocycles. The van der Waals surface area contributed by atoms with Gasteiger partial charge in [0.25, 0.3) is 0 Å². The van der Waals surface area contributed by atoms with Crippen LogP contribution in [0.1, 0.15) is 18.1 Å². The monoisotopic (exact) mass is 421 g/mol. The zero-order chi connectivity index (χ0) is 22.4. The summed E-state index contributed by atoms with van der Waals surface area (Å²) in [6, 6.07) is 16.2. The number of primary amides is 1. The van der Waals surface area contributed by atoms with E-state index >= 15 is 0 Å². The fourth-order valence-corrected chi connectivity index (χ4v) is 3.54. The van der Waals surface area contributed by atoms with Gasteiger partial charge in [-0.05, 0) is 30.5 Å². The van der Waals surface area contributed by atoms with E-state index in [4.69, 9.17) is 11.5 Å². The van der Waals surface area contributed by atoms with E-state index in [0.717, 1.165) is 22.0 Å². The van der Waals surface area contributed by atoms with Crippen molar-refractivity contribution in [3.05, 3.63) is 71.9 Å². The Morgan fingerprint density at radius 1 is 1.06 bits per heavy atom. The molecule has 0 aliphatic carbocycles. The first-order valence-corrected chi connectivity index (χ1v) is 10.0. The van der Waals surface area contributed by atoms with Gasteiger partial charge in [-0.15, -0.1) is 0 Å². The second kappa shape index (κ2) is 9.44. The number of aromatic nitrogens is 1. The van der Waals surface area contributed by atoms with Crippen LogP contribution in [-0.4, -0.2) is 40.8 Å². The maximum atomic E-state index is 12.9. The Hall–Kier alpha value is -3.65. The van der Waals surface area contributed by atoms with Crippen LogP contribution in [0.15, 0.2) is 60.8 Å². The van der Waals surface area contributed by atoms with Crippen molar-refractivity contribution in [2.24, 2.45) is 11.5 Å². The van der Waals surface area contributed by atoms with Crippen molar-refractivity contribution in [3.63, 3.8) is 0 Å². The van der Waals surface area contributed by atoms with Crippen LogP contribution in [-0.2, 0) is 27.2 Å². The molecule has 0 bridgehead atoms. The van der Waals surface area contributed by atoms with E-state index in [-0.39, 0.29) is 13.0 Å². The Bertz CT molecular complexity index is 1080. The van der Waals surface area contributed by atoms with E-state index in [1.165, 1.54) is 0 Å². The van der Waals surface area contributed by atoms with E-state index < -0.39 is 29.3 Å². The second-order valence-electron chi connectivity index (χ2n) is 7.80. The Kier molecular flexibility index (Phi) is 6.71. The van der Waals surface area contributed by atoms with Crippen molar-refractivity contribution >= 4 is 28.6 Å². The first kappa shape index (κ1) is 22.0. The molecular weight excluding hydrogens is 394 g/mol. The number of benzene rings is 2. The van der Waals surface area contributed by atoms with Crippen LogP contribution < -0.4 is 22.1 Å². The van der Waals surface area contributed by atoms with Gasteiger partial charge in [-0.25, -0.2) is 0 Å². The zero-order valence-corrected chi connectivity index (χ0v) is 17.4. The SMILES string of the molecule is CC(Cc1ccccc1)(NC(=O)[C@@H](N)Cc1c[nH]c2ccccc12)C(=O)NCC(N)=O. The first-order chi connectivity index (χ1) is 14.8. The summed E-state index contributed by atoms with van der Waals surface area (Å²) in [6.45, 7) is 1.28. The fraction of sp³-hybridized carbons (Fsp3) is 0.261. The smallest absolute Gasteiger partial charge is 0.246 e. The predicted octanol–water partition coefficient (Wildman–Crippen LogP) is 0.757. The van der Waals surface area contributed by atoms with E-state index in [9.17, 15) is 14.4 Å². The van der Waals surface area contributed by atoms with Gasteiger partial charge in [-0.2, -0.15) is 0 Å². The van der Waals surface area contributed by atoms with Crippen LogP contribution in [0.2, 0.25) is 0 Å². The molecule has 2 aromatic carbocycles. The van der Waals surface area contributed by atoms with Crippen molar-refractivity contribution in [1.29, 1.82) is 0 Å². The molecule has 162 valence electrons. The molecule has 1 aromatic heterocycles. The van der Waals surface area contributed by atoms with Crippen LogP contribution >= 0.6 is 0 Å². The van der Waals surface area contributed by atoms with Gasteiger partial charge < -0.3 is 27.1 Å². The minimum absolute atomic E-state index is 0.226. The minimum atomic E-state index is -1.31. The summed E-state index contributed by atoms with van der Waals surface area (Å²) in [7, 11) is 0. The standard InChI is InChI=1S/C23H27N5O3/c1-23(22(31)27-14-20(25)29,12-15-7-3-2-4-8-15)28-21(30)18(24)11-16-13-26-19-10-6-5-9-17(16)19/h2-10,13,18,26H,11-12,14,24H2,1H3,(H2,25,29)(H,27,31)(H,28,30)/t18-,23?/m0/s1. The molecule has 0 aliphatic heterocycles. The third-order valence-corrected chi connectivity index (χ3v) is 5.18. The number of carbonyl (C=O) groups excluding carboxylic acids is 3. The minimum Gasteiger partial charge on any atom is -0.368 e. The van der Waals surface area contributed by atoms with Gasteiger partial charge in [-0.1, -0.05) is 48.5 Å². The summed E-state index contributed by atoms with van der Waals surface area (Å²) < 4.78 is 0. The molecule has 1 unspecified atom stereocenters. The molecule has 3 amide bonds.